The van der Waals surface area contributed by atoms with Gasteiger partial charge in [-0.05, 0) is 38.0 Å². The summed E-state index contributed by atoms with van der Waals surface area (Å²) in [6.45, 7) is 5.29. The Morgan fingerprint density at radius 3 is 2.71 bits per heavy atom. The number of sulfone groups is 1. The van der Waals surface area contributed by atoms with E-state index in [1.54, 1.807) is 25.4 Å². The van der Waals surface area contributed by atoms with Crippen LogP contribution < -0.4 is 10.2 Å². The highest BCUT2D eigenvalue weighted by atomic mass is 32.2. The smallest absolute Gasteiger partial charge is 0.180 e. The molecule has 1 saturated heterocycles. The largest absolute Gasteiger partial charge is 0.370 e. The van der Waals surface area contributed by atoms with Crippen molar-refractivity contribution in [2.24, 2.45) is 0 Å². The molecule has 0 radical (unpaired) electrons. The van der Waals surface area contributed by atoms with Crippen molar-refractivity contribution >= 4 is 32.4 Å². The van der Waals surface area contributed by atoms with Gasteiger partial charge in [-0.3, -0.25) is 0 Å². The summed E-state index contributed by atoms with van der Waals surface area (Å²) < 4.78 is 24.9. The third-order valence-electron chi connectivity index (χ3n) is 5.31. The number of nitrogens with zero attached hydrogens (tertiary/aromatic N) is 3. The topological polar surface area (TPSA) is 91.0 Å². The van der Waals surface area contributed by atoms with Gasteiger partial charge in [0.1, 0.15) is 11.8 Å². The second kappa shape index (κ2) is 7.43. The van der Waals surface area contributed by atoms with Crippen molar-refractivity contribution in [2.75, 3.05) is 29.1 Å². The van der Waals surface area contributed by atoms with Crippen LogP contribution in [-0.4, -0.2) is 48.3 Å². The van der Waals surface area contributed by atoms with Gasteiger partial charge in [-0.15, -0.1) is 0 Å². The Kier molecular flexibility index (Phi) is 4.97. The lowest BCUT2D eigenvalue weighted by Gasteiger charge is -2.35. The predicted octanol–water partition coefficient (Wildman–Crippen LogP) is 3.14. The van der Waals surface area contributed by atoms with E-state index in [0.29, 0.717) is 4.90 Å². The van der Waals surface area contributed by atoms with Crippen molar-refractivity contribution < 1.29 is 8.42 Å². The Morgan fingerprint density at radius 2 is 1.96 bits per heavy atom. The van der Waals surface area contributed by atoms with E-state index in [1.807, 2.05) is 25.1 Å². The van der Waals surface area contributed by atoms with E-state index in [2.05, 4.69) is 25.2 Å². The number of aromatic amines is 1. The first kappa shape index (κ1) is 18.7. The molecule has 3 heterocycles. The molecule has 1 aliphatic rings. The molecule has 2 N–H and O–H groups in total. The van der Waals surface area contributed by atoms with Crippen LogP contribution in [0.25, 0.3) is 11.0 Å². The van der Waals surface area contributed by atoms with Gasteiger partial charge >= 0.3 is 0 Å². The van der Waals surface area contributed by atoms with Crippen LogP contribution in [0.5, 0.6) is 0 Å². The molecule has 0 saturated carbocycles. The maximum atomic E-state index is 12.4. The molecule has 0 atom stereocenters. The van der Waals surface area contributed by atoms with Gasteiger partial charge < -0.3 is 15.2 Å². The van der Waals surface area contributed by atoms with Gasteiger partial charge in [-0.1, -0.05) is 19.1 Å². The highest BCUT2D eigenvalue weighted by molar-refractivity contribution is 7.91. The maximum absolute atomic E-state index is 12.4. The van der Waals surface area contributed by atoms with E-state index in [0.717, 1.165) is 54.2 Å². The average molecular weight is 400 g/mol. The molecule has 8 heteroatoms. The normalized spacial score (nSPS) is 15.9. The van der Waals surface area contributed by atoms with Gasteiger partial charge in [0.25, 0.3) is 0 Å². The van der Waals surface area contributed by atoms with Gasteiger partial charge in [0, 0.05) is 24.8 Å². The summed E-state index contributed by atoms with van der Waals surface area (Å²) in [5, 5.41) is 3.54. The van der Waals surface area contributed by atoms with Crippen molar-refractivity contribution in [3.05, 3.63) is 42.4 Å². The number of anilines is 2. The number of nitrogens with one attached hydrogen (secondary N) is 2. The van der Waals surface area contributed by atoms with Crippen LogP contribution in [0.2, 0.25) is 0 Å². The monoisotopic (exact) mass is 399 g/mol. The van der Waals surface area contributed by atoms with E-state index in [1.165, 1.54) is 0 Å². The minimum absolute atomic E-state index is 0.112. The molecule has 1 fully saturated rings. The fourth-order valence-corrected chi connectivity index (χ4v) is 4.89. The maximum Gasteiger partial charge on any atom is 0.180 e. The fraction of sp³-hybridized carbons (Fsp3) is 0.400. The Hall–Kier alpha value is -2.61. The van der Waals surface area contributed by atoms with Crippen molar-refractivity contribution in [2.45, 2.75) is 37.6 Å². The minimum Gasteiger partial charge on any atom is -0.370 e. The molecule has 0 aliphatic carbocycles. The number of benzene rings is 1. The first-order valence-corrected chi connectivity index (χ1v) is 11.3. The number of rotatable bonds is 5. The number of H-pyrrole nitrogens is 1. The fourth-order valence-electron chi connectivity index (χ4n) is 3.77. The Bertz CT molecular complexity index is 1080. The zero-order valence-electron chi connectivity index (χ0n) is 16.1. The number of hydrogen-bond acceptors (Lipinski definition) is 6. The summed E-state index contributed by atoms with van der Waals surface area (Å²) in [6.07, 6.45) is 3.40. The second-order valence-corrected chi connectivity index (χ2v) is 9.46. The van der Waals surface area contributed by atoms with Gasteiger partial charge in [-0.2, -0.15) is 0 Å². The standard InChI is InChI=1S/C20H25N5O2S/c1-3-28(26,27)18-7-5-4-6-17(18)25-10-8-15(9-11-25)24-20-19-16(21-13-22-20)12-14(2)23-19/h4-7,12-13,15,23H,3,8-11H2,1-2H3,(H,21,22,24). The van der Waals surface area contributed by atoms with E-state index >= 15 is 0 Å². The Labute approximate surface area is 165 Å². The molecule has 1 aliphatic heterocycles. The Balaban J connectivity index is 1.49. The molecule has 28 heavy (non-hydrogen) atoms. The zero-order valence-corrected chi connectivity index (χ0v) is 17.0. The number of hydrogen-bond donors (Lipinski definition) is 2. The van der Waals surface area contributed by atoms with Crippen LogP contribution >= 0.6 is 0 Å². The molecule has 0 spiro atoms. The minimum atomic E-state index is -3.24. The lowest BCUT2D eigenvalue weighted by Crippen LogP contribution is -2.39. The molecule has 1 aromatic carbocycles. The van der Waals surface area contributed by atoms with Crippen LogP contribution in [0.4, 0.5) is 11.5 Å². The molecule has 4 rings (SSSR count). The molecule has 2 aromatic heterocycles. The van der Waals surface area contributed by atoms with Crippen LogP contribution in [0.15, 0.2) is 41.6 Å². The molecular formula is C20H25N5O2S. The highest BCUT2D eigenvalue weighted by Gasteiger charge is 2.25. The van der Waals surface area contributed by atoms with Crippen molar-refractivity contribution in [3.63, 3.8) is 0 Å². The predicted molar refractivity (Wildman–Crippen MR) is 112 cm³/mol. The summed E-state index contributed by atoms with van der Waals surface area (Å²) in [7, 11) is -3.24. The number of fused-ring (bicyclic) bond motifs is 1. The number of para-hydroxylation sites is 1. The van der Waals surface area contributed by atoms with Crippen LogP contribution in [-0.2, 0) is 9.84 Å². The first-order valence-electron chi connectivity index (χ1n) is 9.61. The van der Waals surface area contributed by atoms with E-state index < -0.39 is 9.84 Å². The van der Waals surface area contributed by atoms with E-state index in [9.17, 15) is 8.42 Å². The molecule has 148 valence electrons. The lowest BCUT2D eigenvalue weighted by atomic mass is 10.0. The summed E-state index contributed by atoms with van der Waals surface area (Å²) in [5.41, 5.74) is 3.71. The van der Waals surface area contributed by atoms with Crippen molar-refractivity contribution in [3.8, 4) is 0 Å². The summed E-state index contributed by atoms with van der Waals surface area (Å²) in [4.78, 5) is 14.6. The SMILES string of the molecule is CCS(=O)(=O)c1ccccc1N1CCC(Nc2ncnc3cc(C)[nH]c23)CC1. The molecule has 0 unspecified atom stereocenters. The second-order valence-electron chi connectivity index (χ2n) is 7.21. The van der Waals surface area contributed by atoms with Crippen LogP contribution in [0, 0.1) is 6.92 Å². The molecule has 0 amide bonds. The average Bonchev–Trinajstić information content (AvgIpc) is 3.10. The van der Waals surface area contributed by atoms with Crippen LogP contribution in [0.3, 0.4) is 0 Å². The first-order chi connectivity index (χ1) is 13.5. The molecular weight excluding hydrogens is 374 g/mol. The summed E-state index contributed by atoms with van der Waals surface area (Å²) in [6, 6.07) is 9.61. The molecule has 7 nitrogen and oxygen atoms in total. The van der Waals surface area contributed by atoms with E-state index in [4.69, 9.17) is 0 Å². The van der Waals surface area contributed by atoms with E-state index in [-0.39, 0.29) is 11.8 Å². The number of aryl methyl sites for hydroxylation is 1. The third kappa shape index (κ3) is 3.56. The Morgan fingerprint density at radius 1 is 1.21 bits per heavy atom. The van der Waals surface area contributed by atoms with Crippen molar-refractivity contribution in [1.82, 2.24) is 15.0 Å². The third-order valence-corrected chi connectivity index (χ3v) is 7.08. The van der Waals surface area contributed by atoms with Gasteiger partial charge in [-0.25, -0.2) is 18.4 Å². The summed E-state index contributed by atoms with van der Waals surface area (Å²) >= 11 is 0. The van der Waals surface area contributed by atoms with Crippen molar-refractivity contribution in [1.29, 1.82) is 0 Å². The van der Waals surface area contributed by atoms with Crippen LogP contribution in [0.1, 0.15) is 25.5 Å². The lowest BCUT2D eigenvalue weighted by molar-refractivity contribution is 0.523. The summed E-state index contributed by atoms with van der Waals surface area (Å²) in [5.74, 6) is 0.937. The quantitative estimate of drug-likeness (QED) is 0.685. The molecule has 3 aromatic rings. The van der Waals surface area contributed by atoms with Gasteiger partial charge in [0.15, 0.2) is 15.7 Å². The number of aromatic nitrogens is 3. The van der Waals surface area contributed by atoms with Gasteiger partial charge in [0.05, 0.1) is 21.9 Å². The van der Waals surface area contributed by atoms with Gasteiger partial charge in [0.2, 0.25) is 0 Å². The highest BCUT2D eigenvalue weighted by Crippen LogP contribution is 2.29. The zero-order chi connectivity index (χ0) is 19.7. The molecule has 0 bridgehead atoms. The number of piperidine rings is 1.